The number of piperazine rings is 1. The van der Waals surface area contributed by atoms with Crippen LogP contribution in [-0.2, 0) is 6.54 Å². The zero-order chi connectivity index (χ0) is 14.8. The summed E-state index contributed by atoms with van der Waals surface area (Å²) in [6.07, 6.45) is 0. The molecule has 0 spiro atoms. The van der Waals surface area contributed by atoms with Crippen molar-refractivity contribution in [2.45, 2.75) is 27.3 Å². The van der Waals surface area contributed by atoms with Crippen molar-refractivity contribution in [3.63, 3.8) is 0 Å². The summed E-state index contributed by atoms with van der Waals surface area (Å²) in [6, 6.07) is 8.82. The highest BCUT2D eigenvalue weighted by atomic mass is 32.1. The maximum atomic E-state index is 4.53. The van der Waals surface area contributed by atoms with E-state index < -0.39 is 0 Å². The highest BCUT2D eigenvalue weighted by molar-refractivity contribution is 7.11. The predicted octanol–water partition coefficient (Wildman–Crippen LogP) is 3.39. The minimum absolute atomic E-state index is 1.05. The minimum Gasteiger partial charge on any atom is -0.369 e. The molecule has 1 aliphatic heterocycles. The number of hydrogen-bond acceptors (Lipinski definition) is 4. The van der Waals surface area contributed by atoms with Crippen LogP contribution in [0, 0.1) is 20.8 Å². The maximum absolute atomic E-state index is 4.53. The molecule has 0 radical (unpaired) electrons. The van der Waals surface area contributed by atoms with Crippen LogP contribution in [0.3, 0.4) is 0 Å². The van der Waals surface area contributed by atoms with Crippen LogP contribution >= 0.6 is 11.3 Å². The maximum Gasteiger partial charge on any atom is 0.0900 e. The van der Waals surface area contributed by atoms with Gasteiger partial charge in [-0.25, -0.2) is 4.98 Å². The molecule has 0 amide bonds. The standard InChI is InChI=1S/C17H23N3S/c1-13-5-4-6-16(11-13)20-9-7-19(8-10-20)12-17-14(2)18-15(3)21-17/h4-6,11H,7-10,12H2,1-3H3. The Bertz CT molecular complexity index is 612. The number of aromatic nitrogens is 1. The van der Waals surface area contributed by atoms with E-state index in [2.05, 4.69) is 59.8 Å². The average Bonchev–Trinajstić information content (AvgIpc) is 2.78. The molecule has 3 nitrogen and oxygen atoms in total. The van der Waals surface area contributed by atoms with E-state index in [1.54, 1.807) is 0 Å². The van der Waals surface area contributed by atoms with Gasteiger partial charge in [0, 0.05) is 43.3 Å². The Morgan fingerprint density at radius 2 is 1.86 bits per heavy atom. The molecule has 4 heteroatoms. The summed E-state index contributed by atoms with van der Waals surface area (Å²) >= 11 is 1.84. The third-order valence-corrected chi connectivity index (χ3v) is 5.16. The summed E-state index contributed by atoms with van der Waals surface area (Å²) in [6.45, 7) is 11.9. The van der Waals surface area contributed by atoms with Crippen LogP contribution in [0.25, 0.3) is 0 Å². The Morgan fingerprint density at radius 1 is 1.10 bits per heavy atom. The molecule has 0 atom stereocenters. The fraction of sp³-hybridized carbons (Fsp3) is 0.471. The number of aryl methyl sites for hydroxylation is 3. The molecular weight excluding hydrogens is 278 g/mol. The summed E-state index contributed by atoms with van der Waals surface area (Å²) in [4.78, 5) is 11.0. The number of thiazole rings is 1. The summed E-state index contributed by atoms with van der Waals surface area (Å²) in [5, 5.41) is 1.18. The predicted molar refractivity (Wildman–Crippen MR) is 90.3 cm³/mol. The van der Waals surface area contributed by atoms with Gasteiger partial charge in [-0.2, -0.15) is 0 Å². The van der Waals surface area contributed by atoms with Gasteiger partial charge in [0.1, 0.15) is 0 Å². The van der Waals surface area contributed by atoms with Crippen molar-refractivity contribution >= 4 is 17.0 Å². The van der Waals surface area contributed by atoms with Gasteiger partial charge in [-0.15, -0.1) is 11.3 Å². The van der Waals surface area contributed by atoms with Crippen molar-refractivity contribution in [2.75, 3.05) is 31.1 Å². The van der Waals surface area contributed by atoms with E-state index in [1.165, 1.54) is 26.8 Å². The Labute approximate surface area is 131 Å². The first-order valence-corrected chi connectivity index (χ1v) is 8.40. The largest absolute Gasteiger partial charge is 0.369 e. The van der Waals surface area contributed by atoms with Gasteiger partial charge in [-0.05, 0) is 38.5 Å². The second-order valence-corrected chi connectivity index (χ2v) is 7.13. The first kappa shape index (κ1) is 14.5. The Balaban J connectivity index is 1.59. The molecule has 0 saturated carbocycles. The highest BCUT2D eigenvalue weighted by Gasteiger charge is 2.18. The summed E-state index contributed by atoms with van der Waals surface area (Å²) in [7, 11) is 0. The molecule has 0 bridgehead atoms. The number of hydrogen-bond donors (Lipinski definition) is 0. The van der Waals surface area contributed by atoms with E-state index in [0.717, 1.165) is 32.7 Å². The molecule has 1 aromatic carbocycles. The van der Waals surface area contributed by atoms with Crippen LogP contribution in [0.5, 0.6) is 0 Å². The summed E-state index contributed by atoms with van der Waals surface area (Å²) in [5.74, 6) is 0. The van der Waals surface area contributed by atoms with Gasteiger partial charge in [0.05, 0.1) is 10.7 Å². The molecular formula is C17H23N3S. The van der Waals surface area contributed by atoms with Crippen molar-refractivity contribution in [3.8, 4) is 0 Å². The van der Waals surface area contributed by atoms with Crippen LogP contribution in [0.15, 0.2) is 24.3 Å². The normalized spacial score (nSPS) is 16.4. The van der Waals surface area contributed by atoms with Crippen LogP contribution in [0.4, 0.5) is 5.69 Å². The van der Waals surface area contributed by atoms with Gasteiger partial charge in [-0.1, -0.05) is 12.1 Å². The number of nitrogens with zero attached hydrogens (tertiary/aromatic N) is 3. The molecule has 1 saturated heterocycles. The Morgan fingerprint density at radius 3 is 2.48 bits per heavy atom. The van der Waals surface area contributed by atoms with Gasteiger partial charge >= 0.3 is 0 Å². The highest BCUT2D eigenvalue weighted by Crippen LogP contribution is 2.22. The molecule has 112 valence electrons. The lowest BCUT2D eigenvalue weighted by molar-refractivity contribution is 0.251. The van der Waals surface area contributed by atoms with Crippen molar-refractivity contribution < 1.29 is 0 Å². The van der Waals surface area contributed by atoms with E-state index >= 15 is 0 Å². The molecule has 2 heterocycles. The van der Waals surface area contributed by atoms with Gasteiger partial charge in [0.15, 0.2) is 0 Å². The second kappa shape index (κ2) is 6.16. The van der Waals surface area contributed by atoms with Crippen LogP contribution in [0.2, 0.25) is 0 Å². The van der Waals surface area contributed by atoms with Crippen molar-refractivity contribution in [1.82, 2.24) is 9.88 Å². The van der Waals surface area contributed by atoms with Crippen LogP contribution in [-0.4, -0.2) is 36.1 Å². The second-order valence-electron chi connectivity index (χ2n) is 5.84. The van der Waals surface area contributed by atoms with Gasteiger partial charge in [0.25, 0.3) is 0 Å². The Hall–Kier alpha value is -1.39. The lowest BCUT2D eigenvalue weighted by atomic mass is 10.2. The fourth-order valence-corrected chi connectivity index (χ4v) is 3.89. The lowest BCUT2D eigenvalue weighted by Gasteiger charge is -2.36. The molecule has 0 N–H and O–H groups in total. The molecule has 21 heavy (non-hydrogen) atoms. The molecule has 1 aromatic heterocycles. The summed E-state index contributed by atoms with van der Waals surface area (Å²) in [5.41, 5.74) is 3.91. The fourth-order valence-electron chi connectivity index (χ4n) is 2.91. The minimum atomic E-state index is 1.05. The molecule has 1 aliphatic rings. The van der Waals surface area contributed by atoms with E-state index in [0.29, 0.717) is 0 Å². The molecule has 1 fully saturated rings. The smallest absolute Gasteiger partial charge is 0.0900 e. The monoisotopic (exact) mass is 301 g/mol. The SMILES string of the molecule is Cc1cccc(N2CCN(Cc3sc(C)nc3C)CC2)c1. The van der Waals surface area contributed by atoms with E-state index in [1.807, 2.05) is 11.3 Å². The zero-order valence-corrected chi connectivity index (χ0v) is 13.9. The summed E-state index contributed by atoms with van der Waals surface area (Å²) < 4.78 is 0. The molecule has 2 aromatic rings. The molecule has 0 aliphatic carbocycles. The third kappa shape index (κ3) is 3.44. The lowest BCUT2D eigenvalue weighted by Crippen LogP contribution is -2.45. The third-order valence-electron chi connectivity index (χ3n) is 4.11. The molecule has 0 unspecified atom stereocenters. The van der Waals surface area contributed by atoms with E-state index in [4.69, 9.17) is 0 Å². The number of anilines is 1. The van der Waals surface area contributed by atoms with Crippen molar-refractivity contribution in [1.29, 1.82) is 0 Å². The average molecular weight is 301 g/mol. The van der Waals surface area contributed by atoms with Crippen LogP contribution in [0.1, 0.15) is 21.1 Å². The van der Waals surface area contributed by atoms with Gasteiger partial charge in [0.2, 0.25) is 0 Å². The number of rotatable bonds is 3. The first-order valence-electron chi connectivity index (χ1n) is 7.59. The zero-order valence-electron chi connectivity index (χ0n) is 13.1. The van der Waals surface area contributed by atoms with E-state index in [-0.39, 0.29) is 0 Å². The van der Waals surface area contributed by atoms with Crippen molar-refractivity contribution in [2.24, 2.45) is 0 Å². The molecule has 3 rings (SSSR count). The van der Waals surface area contributed by atoms with Crippen LogP contribution < -0.4 is 4.90 Å². The topological polar surface area (TPSA) is 19.4 Å². The van der Waals surface area contributed by atoms with Gasteiger partial charge in [-0.3, -0.25) is 4.90 Å². The van der Waals surface area contributed by atoms with Crippen molar-refractivity contribution in [3.05, 3.63) is 45.4 Å². The van der Waals surface area contributed by atoms with E-state index in [9.17, 15) is 0 Å². The first-order chi connectivity index (χ1) is 10.1. The quantitative estimate of drug-likeness (QED) is 0.866. The number of benzene rings is 1. The van der Waals surface area contributed by atoms with Gasteiger partial charge < -0.3 is 4.90 Å². The Kier molecular flexibility index (Phi) is 4.27.